The predicted octanol–water partition coefficient (Wildman–Crippen LogP) is 4.62. The first-order valence-electron chi connectivity index (χ1n) is 7.79. The quantitative estimate of drug-likeness (QED) is 0.622. The van der Waals surface area contributed by atoms with Gasteiger partial charge in [0.05, 0.1) is 5.56 Å². The van der Waals surface area contributed by atoms with Crippen LogP contribution >= 0.6 is 0 Å². The van der Waals surface area contributed by atoms with Crippen LogP contribution in [0.2, 0.25) is 0 Å². The van der Waals surface area contributed by atoms with Gasteiger partial charge < -0.3 is 9.47 Å². The van der Waals surface area contributed by atoms with Crippen molar-refractivity contribution in [3.05, 3.63) is 102 Å². The zero-order valence-electron chi connectivity index (χ0n) is 13.2. The second-order valence-electron chi connectivity index (χ2n) is 5.36. The highest BCUT2D eigenvalue weighted by Crippen LogP contribution is 2.15. The highest BCUT2D eigenvalue weighted by Gasteiger charge is 2.07. The summed E-state index contributed by atoms with van der Waals surface area (Å²) in [4.78, 5) is 12.0. The Morgan fingerprint density at radius 1 is 0.667 bits per heavy atom. The molecule has 120 valence electrons. The van der Waals surface area contributed by atoms with Crippen LogP contribution in [0, 0.1) is 0 Å². The van der Waals surface area contributed by atoms with E-state index >= 15 is 0 Å². The molecule has 0 N–H and O–H groups in total. The molecule has 3 nitrogen and oxygen atoms in total. The smallest absolute Gasteiger partial charge is 0.338 e. The van der Waals surface area contributed by atoms with Gasteiger partial charge in [0.15, 0.2) is 0 Å². The Labute approximate surface area is 141 Å². The van der Waals surface area contributed by atoms with Crippen LogP contribution in [0.5, 0.6) is 5.75 Å². The fourth-order valence-electron chi connectivity index (χ4n) is 2.23. The Morgan fingerprint density at radius 2 is 1.21 bits per heavy atom. The summed E-state index contributed by atoms with van der Waals surface area (Å²) in [6, 6.07) is 26.6. The molecule has 0 radical (unpaired) electrons. The molecule has 0 saturated carbocycles. The summed E-state index contributed by atoms with van der Waals surface area (Å²) in [6.07, 6.45) is 0. The van der Waals surface area contributed by atoms with E-state index in [0.29, 0.717) is 12.2 Å². The molecular weight excluding hydrogens is 300 g/mol. The van der Waals surface area contributed by atoms with Gasteiger partial charge >= 0.3 is 5.97 Å². The molecule has 0 spiro atoms. The molecule has 0 aromatic heterocycles. The maximum atomic E-state index is 12.0. The topological polar surface area (TPSA) is 35.5 Å². The summed E-state index contributed by atoms with van der Waals surface area (Å²) in [5.41, 5.74) is 2.58. The van der Waals surface area contributed by atoms with Crippen molar-refractivity contribution < 1.29 is 14.3 Å². The number of benzene rings is 3. The molecule has 0 saturated heterocycles. The molecule has 0 aliphatic heterocycles. The SMILES string of the molecule is O=C(OCc1ccccc1)c1ccc(OCc2ccccc2)cc1. The Bertz CT molecular complexity index is 765. The second kappa shape index (κ2) is 7.97. The molecule has 0 fully saturated rings. The van der Waals surface area contributed by atoms with Gasteiger partial charge in [-0.2, -0.15) is 0 Å². The number of ether oxygens (including phenoxy) is 2. The normalized spacial score (nSPS) is 10.2. The molecule has 0 aliphatic carbocycles. The van der Waals surface area contributed by atoms with Crippen LogP contribution < -0.4 is 4.74 Å². The van der Waals surface area contributed by atoms with E-state index in [1.807, 2.05) is 60.7 Å². The van der Waals surface area contributed by atoms with Crippen molar-refractivity contribution in [2.75, 3.05) is 0 Å². The van der Waals surface area contributed by atoms with Gasteiger partial charge in [0.2, 0.25) is 0 Å². The van der Waals surface area contributed by atoms with Crippen molar-refractivity contribution in [3.8, 4) is 5.75 Å². The molecular formula is C21H18O3. The van der Waals surface area contributed by atoms with Gasteiger partial charge in [-0.25, -0.2) is 4.79 Å². The third kappa shape index (κ3) is 4.46. The van der Waals surface area contributed by atoms with Crippen molar-refractivity contribution in [1.29, 1.82) is 0 Å². The minimum atomic E-state index is -0.339. The molecule has 0 amide bonds. The average Bonchev–Trinajstić information content (AvgIpc) is 2.66. The third-order valence-corrected chi connectivity index (χ3v) is 3.55. The molecule has 3 aromatic carbocycles. The highest BCUT2D eigenvalue weighted by atomic mass is 16.5. The molecule has 0 bridgehead atoms. The molecule has 0 aliphatic rings. The van der Waals surface area contributed by atoms with Crippen molar-refractivity contribution in [1.82, 2.24) is 0 Å². The Hall–Kier alpha value is -3.07. The second-order valence-corrected chi connectivity index (χ2v) is 5.36. The third-order valence-electron chi connectivity index (χ3n) is 3.55. The predicted molar refractivity (Wildman–Crippen MR) is 92.8 cm³/mol. The molecule has 3 rings (SSSR count). The zero-order chi connectivity index (χ0) is 16.6. The minimum absolute atomic E-state index is 0.270. The van der Waals surface area contributed by atoms with Gasteiger partial charge in [0, 0.05) is 0 Å². The molecule has 24 heavy (non-hydrogen) atoms. The highest BCUT2D eigenvalue weighted by molar-refractivity contribution is 5.89. The van der Waals surface area contributed by atoms with E-state index in [2.05, 4.69) is 0 Å². The lowest BCUT2D eigenvalue weighted by Gasteiger charge is -2.08. The minimum Gasteiger partial charge on any atom is -0.489 e. The lowest BCUT2D eigenvalue weighted by molar-refractivity contribution is 0.0472. The summed E-state index contributed by atoms with van der Waals surface area (Å²) in [6.45, 7) is 0.768. The lowest BCUT2D eigenvalue weighted by Crippen LogP contribution is -2.05. The van der Waals surface area contributed by atoms with E-state index in [4.69, 9.17) is 9.47 Å². The first-order valence-corrected chi connectivity index (χ1v) is 7.79. The van der Waals surface area contributed by atoms with Crippen LogP contribution in [0.3, 0.4) is 0 Å². The number of carbonyl (C=O) groups is 1. The van der Waals surface area contributed by atoms with Crippen LogP contribution in [0.1, 0.15) is 21.5 Å². The number of hydrogen-bond acceptors (Lipinski definition) is 3. The van der Waals surface area contributed by atoms with E-state index in [-0.39, 0.29) is 12.6 Å². The van der Waals surface area contributed by atoms with Crippen LogP contribution in [-0.4, -0.2) is 5.97 Å². The van der Waals surface area contributed by atoms with Gasteiger partial charge in [0.1, 0.15) is 19.0 Å². The summed E-state index contributed by atoms with van der Waals surface area (Å²) >= 11 is 0. The van der Waals surface area contributed by atoms with Crippen LogP contribution in [0.15, 0.2) is 84.9 Å². The van der Waals surface area contributed by atoms with Gasteiger partial charge in [0.25, 0.3) is 0 Å². The summed E-state index contributed by atoms with van der Waals surface area (Å²) in [7, 11) is 0. The van der Waals surface area contributed by atoms with Crippen molar-refractivity contribution in [2.24, 2.45) is 0 Å². The molecule has 3 aromatic rings. The standard InChI is InChI=1S/C21H18O3/c22-21(24-16-18-9-5-2-6-10-18)19-11-13-20(14-12-19)23-15-17-7-3-1-4-8-17/h1-14H,15-16H2. The van der Waals surface area contributed by atoms with E-state index in [1.165, 1.54) is 0 Å². The molecule has 3 heteroatoms. The Balaban J connectivity index is 1.53. The van der Waals surface area contributed by atoms with Crippen molar-refractivity contribution in [3.63, 3.8) is 0 Å². The lowest BCUT2D eigenvalue weighted by atomic mass is 10.2. The average molecular weight is 318 g/mol. The number of esters is 1. The monoisotopic (exact) mass is 318 g/mol. The summed E-state index contributed by atoms with van der Waals surface area (Å²) < 4.78 is 11.0. The maximum Gasteiger partial charge on any atom is 0.338 e. The number of rotatable bonds is 6. The van der Waals surface area contributed by atoms with Gasteiger partial charge in [-0.1, -0.05) is 60.7 Å². The van der Waals surface area contributed by atoms with Crippen LogP contribution in [0.25, 0.3) is 0 Å². The fourth-order valence-corrected chi connectivity index (χ4v) is 2.23. The maximum absolute atomic E-state index is 12.0. The number of carbonyl (C=O) groups excluding carboxylic acids is 1. The first kappa shape index (κ1) is 15.8. The van der Waals surface area contributed by atoms with Crippen molar-refractivity contribution in [2.45, 2.75) is 13.2 Å². The van der Waals surface area contributed by atoms with Crippen molar-refractivity contribution >= 4 is 5.97 Å². The first-order chi connectivity index (χ1) is 11.8. The fraction of sp³-hybridized carbons (Fsp3) is 0.0952. The molecule has 0 unspecified atom stereocenters. The molecule has 0 heterocycles. The van der Waals surface area contributed by atoms with Gasteiger partial charge in [-0.05, 0) is 35.4 Å². The Morgan fingerprint density at radius 3 is 1.79 bits per heavy atom. The Kier molecular flexibility index (Phi) is 5.25. The van der Waals surface area contributed by atoms with Crippen LogP contribution in [-0.2, 0) is 18.0 Å². The summed E-state index contributed by atoms with van der Waals surface area (Å²) in [5, 5.41) is 0. The van der Waals surface area contributed by atoms with E-state index in [9.17, 15) is 4.79 Å². The van der Waals surface area contributed by atoms with Gasteiger partial charge in [-0.3, -0.25) is 0 Å². The molecule has 0 atom stereocenters. The van der Waals surface area contributed by atoms with E-state index < -0.39 is 0 Å². The zero-order valence-corrected chi connectivity index (χ0v) is 13.2. The number of hydrogen-bond donors (Lipinski definition) is 0. The largest absolute Gasteiger partial charge is 0.489 e. The summed E-state index contributed by atoms with van der Waals surface area (Å²) in [5.74, 6) is 0.381. The van der Waals surface area contributed by atoms with Crippen LogP contribution in [0.4, 0.5) is 0 Å². The van der Waals surface area contributed by atoms with Gasteiger partial charge in [-0.15, -0.1) is 0 Å². The van der Waals surface area contributed by atoms with E-state index in [1.54, 1.807) is 24.3 Å². The van der Waals surface area contributed by atoms with E-state index in [0.717, 1.165) is 16.9 Å².